The van der Waals surface area contributed by atoms with Crippen LogP contribution in [0.3, 0.4) is 0 Å². The lowest BCUT2D eigenvalue weighted by Gasteiger charge is -2.33. The van der Waals surface area contributed by atoms with Gasteiger partial charge >= 0.3 is 16.2 Å². The largest absolute Gasteiger partial charge is 0.504 e. The highest BCUT2D eigenvalue weighted by molar-refractivity contribution is 7.91. The molecular formula is C11H11N5O6S. The van der Waals surface area contributed by atoms with Crippen molar-refractivity contribution in [2.24, 2.45) is 5.73 Å². The summed E-state index contributed by atoms with van der Waals surface area (Å²) < 4.78 is 27.1. The smallest absolute Gasteiger partial charge is 0.339 e. The number of nitrogens with zero attached hydrogens (tertiary/aromatic N) is 2. The third kappa shape index (κ3) is 3.25. The van der Waals surface area contributed by atoms with Crippen LogP contribution in [0.15, 0.2) is 12.1 Å². The number of nitriles is 1. The minimum atomic E-state index is -4.49. The van der Waals surface area contributed by atoms with Gasteiger partial charge in [0.05, 0.1) is 17.8 Å². The summed E-state index contributed by atoms with van der Waals surface area (Å²) in [7, 11) is -4.49. The van der Waals surface area contributed by atoms with E-state index >= 15 is 0 Å². The zero-order valence-corrected chi connectivity index (χ0v) is 12.2. The summed E-state index contributed by atoms with van der Waals surface area (Å²) >= 11 is 0. The van der Waals surface area contributed by atoms with Crippen LogP contribution >= 0.6 is 0 Å². The highest BCUT2D eigenvalue weighted by atomic mass is 32.2. The van der Waals surface area contributed by atoms with E-state index in [4.69, 9.17) is 11.0 Å². The number of imide groups is 1. The number of carbonyl (C=O) groups is 2. The Morgan fingerprint density at radius 3 is 2.52 bits per heavy atom. The molecule has 3 amide bonds. The standard InChI is InChI=1S/C11H11N5O6S/c12-3-5-1-8(17)9(18)2-7(5)14-23(21,22)15-11(20)16-4-6(13)10(16)19/h1-2,6,14,17-18H,4,13H2,(H,15,20)/t6-/m0/s1. The second-order valence-corrected chi connectivity index (χ2v) is 5.98. The van der Waals surface area contributed by atoms with E-state index in [1.807, 2.05) is 4.72 Å². The Balaban J connectivity index is 2.16. The van der Waals surface area contributed by atoms with Crippen molar-refractivity contribution in [2.75, 3.05) is 11.3 Å². The number of anilines is 1. The zero-order valence-electron chi connectivity index (χ0n) is 11.3. The first-order chi connectivity index (χ1) is 10.6. The molecule has 0 aliphatic carbocycles. The molecule has 2 rings (SSSR count). The van der Waals surface area contributed by atoms with Crippen LogP contribution in [0.25, 0.3) is 0 Å². The van der Waals surface area contributed by atoms with E-state index in [9.17, 15) is 28.2 Å². The first-order valence-corrected chi connectivity index (χ1v) is 7.50. The lowest BCUT2D eigenvalue weighted by molar-refractivity contribution is -0.137. The van der Waals surface area contributed by atoms with Crippen LogP contribution in [0, 0.1) is 11.3 Å². The van der Waals surface area contributed by atoms with Gasteiger partial charge in [-0.1, -0.05) is 0 Å². The van der Waals surface area contributed by atoms with Crippen LogP contribution < -0.4 is 15.2 Å². The van der Waals surface area contributed by atoms with Crippen LogP contribution in [0.4, 0.5) is 10.5 Å². The van der Waals surface area contributed by atoms with Crippen molar-refractivity contribution in [1.82, 2.24) is 9.62 Å². The summed E-state index contributed by atoms with van der Waals surface area (Å²) in [4.78, 5) is 23.5. The number of benzene rings is 1. The van der Waals surface area contributed by atoms with Crippen LogP contribution in [-0.4, -0.2) is 48.1 Å². The minimum Gasteiger partial charge on any atom is -0.504 e. The maximum atomic E-state index is 11.8. The van der Waals surface area contributed by atoms with Gasteiger partial charge < -0.3 is 15.9 Å². The van der Waals surface area contributed by atoms with E-state index in [0.29, 0.717) is 4.90 Å². The van der Waals surface area contributed by atoms with Gasteiger partial charge in [0, 0.05) is 12.1 Å². The van der Waals surface area contributed by atoms with Crippen molar-refractivity contribution in [1.29, 1.82) is 5.26 Å². The third-order valence-electron chi connectivity index (χ3n) is 2.91. The first kappa shape index (κ1) is 16.3. The molecule has 0 unspecified atom stereocenters. The molecule has 1 aliphatic rings. The Bertz CT molecular complexity index is 830. The molecular weight excluding hydrogens is 330 g/mol. The molecule has 1 aliphatic heterocycles. The van der Waals surface area contributed by atoms with E-state index in [1.165, 1.54) is 0 Å². The number of hydrogen-bond donors (Lipinski definition) is 5. The van der Waals surface area contributed by atoms with Gasteiger partial charge in [-0.05, 0) is 0 Å². The summed E-state index contributed by atoms with van der Waals surface area (Å²) in [6, 6.07) is 1.19. The number of amides is 3. The number of nitrogens with one attached hydrogen (secondary N) is 2. The first-order valence-electron chi connectivity index (χ1n) is 6.02. The number of hydrogen-bond acceptors (Lipinski definition) is 8. The molecule has 1 fully saturated rings. The van der Waals surface area contributed by atoms with Crippen molar-refractivity contribution in [3.8, 4) is 17.6 Å². The molecule has 122 valence electrons. The van der Waals surface area contributed by atoms with E-state index in [2.05, 4.69) is 0 Å². The number of phenols is 2. The molecule has 12 heteroatoms. The minimum absolute atomic E-state index is 0.121. The quantitative estimate of drug-likeness (QED) is 0.250. The van der Waals surface area contributed by atoms with E-state index in [0.717, 1.165) is 12.1 Å². The van der Waals surface area contributed by atoms with Crippen LogP contribution in [0.5, 0.6) is 11.5 Å². The molecule has 1 atom stereocenters. The number of urea groups is 1. The fourth-order valence-corrected chi connectivity index (χ4v) is 2.58. The molecule has 6 N–H and O–H groups in total. The second kappa shape index (κ2) is 5.63. The Morgan fingerprint density at radius 1 is 1.39 bits per heavy atom. The molecule has 1 saturated heterocycles. The number of nitrogens with two attached hydrogens (primary N) is 1. The van der Waals surface area contributed by atoms with E-state index in [1.54, 1.807) is 10.8 Å². The van der Waals surface area contributed by atoms with Crippen molar-refractivity contribution in [3.63, 3.8) is 0 Å². The molecule has 0 saturated carbocycles. The van der Waals surface area contributed by atoms with Gasteiger partial charge in [0.2, 0.25) is 5.91 Å². The average molecular weight is 341 g/mol. The predicted octanol–water partition coefficient (Wildman–Crippen LogP) is -1.49. The Morgan fingerprint density at radius 2 is 2.00 bits per heavy atom. The number of β-lactam (4-membered cyclic amide) rings is 1. The van der Waals surface area contributed by atoms with Gasteiger partial charge in [-0.3, -0.25) is 14.4 Å². The average Bonchev–Trinajstić information content (AvgIpc) is 2.46. The van der Waals surface area contributed by atoms with Gasteiger partial charge in [-0.15, -0.1) is 0 Å². The van der Waals surface area contributed by atoms with Crippen LogP contribution in [0.1, 0.15) is 5.56 Å². The Labute approximate surface area is 130 Å². The van der Waals surface area contributed by atoms with Crippen molar-refractivity contribution < 1.29 is 28.2 Å². The predicted molar refractivity (Wildman–Crippen MR) is 75.2 cm³/mol. The molecule has 0 spiro atoms. The number of aromatic hydroxyl groups is 2. The number of phenolic OH excluding ortho intramolecular Hbond substituents is 2. The molecule has 23 heavy (non-hydrogen) atoms. The van der Waals surface area contributed by atoms with Crippen molar-refractivity contribution in [2.45, 2.75) is 6.04 Å². The molecule has 0 aromatic heterocycles. The zero-order chi connectivity index (χ0) is 17.4. The van der Waals surface area contributed by atoms with Gasteiger partial charge in [0.1, 0.15) is 12.1 Å². The van der Waals surface area contributed by atoms with Crippen LogP contribution in [0.2, 0.25) is 0 Å². The lowest BCUT2D eigenvalue weighted by atomic mass is 10.1. The monoisotopic (exact) mass is 341 g/mol. The molecule has 1 heterocycles. The summed E-state index contributed by atoms with van der Waals surface area (Å²) in [5.74, 6) is -2.01. The van der Waals surface area contributed by atoms with Gasteiger partial charge in [0.25, 0.3) is 0 Å². The second-order valence-electron chi connectivity index (χ2n) is 4.57. The fourth-order valence-electron chi connectivity index (χ4n) is 1.73. The highest BCUT2D eigenvalue weighted by Gasteiger charge is 2.39. The summed E-state index contributed by atoms with van der Waals surface area (Å²) in [5.41, 5.74) is 4.62. The third-order valence-corrected chi connectivity index (χ3v) is 3.84. The fraction of sp³-hybridized carbons (Fsp3) is 0.182. The van der Waals surface area contributed by atoms with Gasteiger partial charge in [-0.25, -0.2) is 9.52 Å². The highest BCUT2D eigenvalue weighted by Crippen LogP contribution is 2.31. The molecule has 0 radical (unpaired) electrons. The van der Waals surface area contributed by atoms with E-state index in [-0.39, 0.29) is 17.8 Å². The number of carbonyl (C=O) groups excluding carboxylic acids is 2. The number of likely N-dealkylation sites (tertiary alicyclic amines) is 1. The van der Waals surface area contributed by atoms with Crippen molar-refractivity contribution in [3.05, 3.63) is 17.7 Å². The normalized spacial score (nSPS) is 17.1. The Kier molecular flexibility index (Phi) is 4.00. The van der Waals surface area contributed by atoms with Crippen LogP contribution in [-0.2, 0) is 15.0 Å². The van der Waals surface area contributed by atoms with Crippen molar-refractivity contribution >= 4 is 27.8 Å². The topological polar surface area (TPSA) is 186 Å². The molecule has 11 nitrogen and oxygen atoms in total. The molecule has 0 bridgehead atoms. The number of rotatable bonds is 3. The molecule has 1 aromatic carbocycles. The summed E-state index contributed by atoms with van der Waals surface area (Å²) in [6.45, 7) is -0.121. The lowest BCUT2D eigenvalue weighted by Crippen LogP contribution is -2.65. The maximum Gasteiger partial charge on any atom is 0.339 e. The summed E-state index contributed by atoms with van der Waals surface area (Å²) in [5, 5.41) is 27.5. The molecule has 1 aromatic rings. The maximum absolute atomic E-state index is 11.8. The Hall–Kier alpha value is -3.04. The van der Waals surface area contributed by atoms with Gasteiger partial charge in [0.15, 0.2) is 11.5 Å². The van der Waals surface area contributed by atoms with E-state index < -0.39 is 39.7 Å². The SMILES string of the molecule is N#Cc1cc(O)c(O)cc1NS(=O)(=O)NC(=O)N1C[C@H](N)C1=O. The van der Waals surface area contributed by atoms with Gasteiger partial charge in [-0.2, -0.15) is 13.7 Å². The summed E-state index contributed by atoms with van der Waals surface area (Å²) in [6.07, 6.45) is 0.